The Balaban J connectivity index is 1.42. The van der Waals surface area contributed by atoms with Gasteiger partial charge in [-0.1, -0.05) is 6.07 Å². The number of hydrogen-bond donors (Lipinski definition) is 2. The SMILES string of the molecule is CC(C)(C)OC(=O)N1CCCC1/C=C/S(=O)(=O)NC(=O)Nc1c2c(cc3c1CCC3)CCC2. The predicted octanol–water partition coefficient (Wildman–Crippen LogP) is 4.03. The Bertz CT molecular complexity index is 1060. The molecule has 0 saturated carbocycles. The second-order valence-electron chi connectivity index (χ2n) is 10.0. The van der Waals surface area contributed by atoms with Crippen LogP contribution in [0.5, 0.6) is 0 Å². The van der Waals surface area contributed by atoms with E-state index in [0.717, 1.165) is 67.2 Å². The lowest BCUT2D eigenvalue weighted by molar-refractivity contribution is 0.0256. The second kappa shape index (κ2) is 9.00. The van der Waals surface area contributed by atoms with Crippen molar-refractivity contribution in [2.75, 3.05) is 11.9 Å². The maximum absolute atomic E-state index is 12.6. The highest BCUT2D eigenvalue weighted by Gasteiger charge is 2.31. The van der Waals surface area contributed by atoms with Gasteiger partial charge in [0.25, 0.3) is 10.0 Å². The predicted molar refractivity (Wildman–Crippen MR) is 127 cm³/mol. The lowest BCUT2D eigenvalue weighted by atomic mass is 9.99. The van der Waals surface area contributed by atoms with Crippen molar-refractivity contribution in [1.82, 2.24) is 9.62 Å². The number of likely N-dealkylation sites (tertiary alicyclic amines) is 1. The van der Waals surface area contributed by atoms with Gasteiger partial charge in [-0.05, 0) is 100 Å². The molecule has 0 spiro atoms. The molecule has 1 saturated heterocycles. The molecule has 9 heteroatoms. The van der Waals surface area contributed by atoms with Gasteiger partial charge in [-0.2, -0.15) is 0 Å². The Hall–Kier alpha value is -2.55. The average molecular weight is 476 g/mol. The summed E-state index contributed by atoms with van der Waals surface area (Å²) < 4.78 is 32.6. The van der Waals surface area contributed by atoms with Crippen molar-refractivity contribution in [3.05, 3.63) is 39.8 Å². The lowest BCUT2D eigenvalue weighted by Gasteiger charge is -2.27. The number of fused-ring (bicyclic) bond motifs is 2. The Kier molecular flexibility index (Phi) is 6.44. The maximum atomic E-state index is 12.6. The molecule has 0 radical (unpaired) electrons. The molecule has 3 amide bonds. The molecule has 8 nitrogen and oxygen atoms in total. The Morgan fingerprint density at radius 1 is 1.06 bits per heavy atom. The van der Waals surface area contributed by atoms with Crippen LogP contribution in [-0.4, -0.2) is 43.6 Å². The number of rotatable bonds is 4. The molecule has 3 aliphatic rings. The van der Waals surface area contributed by atoms with Gasteiger partial charge in [0.1, 0.15) is 5.60 Å². The summed E-state index contributed by atoms with van der Waals surface area (Å²) in [6.07, 6.45) is 8.25. The molecule has 2 N–H and O–H groups in total. The highest BCUT2D eigenvalue weighted by molar-refractivity contribution is 7.92. The van der Waals surface area contributed by atoms with Gasteiger partial charge >= 0.3 is 12.1 Å². The minimum absolute atomic E-state index is 0.389. The van der Waals surface area contributed by atoms with Crippen molar-refractivity contribution in [1.29, 1.82) is 0 Å². The molecule has 0 aromatic heterocycles. The highest BCUT2D eigenvalue weighted by atomic mass is 32.2. The van der Waals surface area contributed by atoms with E-state index >= 15 is 0 Å². The van der Waals surface area contributed by atoms with Gasteiger partial charge in [0, 0.05) is 17.6 Å². The largest absolute Gasteiger partial charge is 0.444 e. The standard InChI is InChI=1S/C24H33N3O5S/c1-24(2,3)32-23(29)27-13-6-9-18(27)12-14-33(30,31)26-22(28)25-21-19-10-4-7-16(19)15-17-8-5-11-20(17)21/h12,14-15,18H,4-11,13H2,1-3H3,(H2,25,26,28)/b14-12+. The number of nitrogens with one attached hydrogen (secondary N) is 2. The first-order valence-electron chi connectivity index (χ1n) is 11.7. The summed E-state index contributed by atoms with van der Waals surface area (Å²) in [5.41, 5.74) is 4.96. The molecule has 1 heterocycles. The minimum Gasteiger partial charge on any atom is -0.444 e. The fourth-order valence-electron chi connectivity index (χ4n) is 5.00. The highest BCUT2D eigenvalue weighted by Crippen LogP contribution is 2.38. The van der Waals surface area contributed by atoms with Crippen molar-refractivity contribution in [2.45, 2.75) is 83.8 Å². The first kappa shape index (κ1) is 23.6. The smallest absolute Gasteiger partial charge is 0.410 e. The molecular weight excluding hydrogens is 442 g/mol. The first-order valence-corrected chi connectivity index (χ1v) is 13.3. The fraction of sp³-hybridized carbons (Fsp3) is 0.583. The first-order chi connectivity index (χ1) is 15.5. The number of nitrogens with zero attached hydrogens (tertiary/aromatic N) is 1. The van der Waals surface area contributed by atoms with Gasteiger partial charge < -0.3 is 15.0 Å². The van der Waals surface area contributed by atoms with E-state index in [1.54, 1.807) is 20.8 Å². The summed E-state index contributed by atoms with van der Waals surface area (Å²) in [6, 6.07) is 1.11. The average Bonchev–Trinajstić information content (AvgIpc) is 3.44. The van der Waals surface area contributed by atoms with E-state index < -0.39 is 27.7 Å². The quantitative estimate of drug-likeness (QED) is 0.684. The zero-order valence-electron chi connectivity index (χ0n) is 19.6. The lowest BCUT2D eigenvalue weighted by Crippen LogP contribution is -2.39. The number of carbonyl (C=O) groups is 2. The summed E-state index contributed by atoms with van der Waals surface area (Å²) in [7, 11) is -4.02. The van der Waals surface area contributed by atoms with Gasteiger partial charge in [-0.25, -0.2) is 22.7 Å². The van der Waals surface area contributed by atoms with Crippen molar-refractivity contribution >= 4 is 27.8 Å². The molecule has 1 aromatic carbocycles. The van der Waals surface area contributed by atoms with Crippen LogP contribution in [0.15, 0.2) is 17.6 Å². The minimum atomic E-state index is -4.02. The molecule has 33 heavy (non-hydrogen) atoms. The second-order valence-corrected chi connectivity index (χ2v) is 11.6. The normalized spacial score (nSPS) is 20.1. The van der Waals surface area contributed by atoms with Gasteiger partial charge in [0.2, 0.25) is 0 Å². The third kappa shape index (κ3) is 5.51. The van der Waals surface area contributed by atoms with Crippen LogP contribution < -0.4 is 10.0 Å². The molecule has 4 rings (SSSR count). The maximum Gasteiger partial charge on any atom is 0.410 e. The molecule has 1 aliphatic heterocycles. The molecular formula is C24H33N3O5S. The van der Waals surface area contributed by atoms with E-state index in [4.69, 9.17) is 4.74 Å². The topological polar surface area (TPSA) is 105 Å². The summed E-state index contributed by atoms with van der Waals surface area (Å²) in [5.74, 6) is 0. The van der Waals surface area contributed by atoms with Crippen LogP contribution in [0, 0.1) is 0 Å². The van der Waals surface area contributed by atoms with Crippen LogP contribution in [0.2, 0.25) is 0 Å². The van der Waals surface area contributed by atoms with Gasteiger partial charge in [-0.15, -0.1) is 0 Å². The van der Waals surface area contributed by atoms with Crippen molar-refractivity contribution in [3.63, 3.8) is 0 Å². The van der Waals surface area contributed by atoms with E-state index in [-0.39, 0.29) is 6.04 Å². The molecule has 1 aromatic rings. The van der Waals surface area contributed by atoms with Crippen molar-refractivity contribution < 1.29 is 22.7 Å². The number of amides is 3. The van der Waals surface area contributed by atoms with Gasteiger partial charge in [0.05, 0.1) is 6.04 Å². The molecule has 1 atom stereocenters. The number of anilines is 1. The van der Waals surface area contributed by atoms with Crippen LogP contribution in [0.4, 0.5) is 15.3 Å². The van der Waals surface area contributed by atoms with Gasteiger partial charge in [-0.3, -0.25) is 0 Å². The fourth-order valence-corrected chi connectivity index (χ4v) is 5.77. The molecule has 180 valence electrons. The number of hydrogen-bond acceptors (Lipinski definition) is 5. The Morgan fingerprint density at radius 2 is 1.70 bits per heavy atom. The number of benzene rings is 1. The van der Waals surface area contributed by atoms with E-state index in [9.17, 15) is 18.0 Å². The molecule has 1 fully saturated rings. The van der Waals surface area contributed by atoms with E-state index in [2.05, 4.69) is 16.1 Å². The third-order valence-electron chi connectivity index (χ3n) is 6.35. The summed E-state index contributed by atoms with van der Waals surface area (Å²) in [6.45, 7) is 5.87. The molecule has 0 bridgehead atoms. The van der Waals surface area contributed by atoms with E-state index in [1.165, 1.54) is 22.1 Å². The number of carbonyl (C=O) groups excluding carboxylic acids is 2. The van der Waals surface area contributed by atoms with E-state index in [1.807, 2.05) is 0 Å². The summed E-state index contributed by atoms with van der Waals surface area (Å²) in [5, 5.41) is 3.80. The van der Waals surface area contributed by atoms with Crippen LogP contribution in [-0.2, 0) is 40.4 Å². The third-order valence-corrected chi connectivity index (χ3v) is 7.34. The number of aryl methyl sites for hydroxylation is 2. The monoisotopic (exact) mass is 475 g/mol. The molecule has 2 aliphatic carbocycles. The number of urea groups is 1. The van der Waals surface area contributed by atoms with Crippen LogP contribution in [0.25, 0.3) is 0 Å². The zero-order valence-corrected chi connectivity index (χ0v) is 20.4. The number of sulfonamides is 1. The van der Waals surface area contributed by atoms with Crippen LogP contribution in [0.3, 0.4) is 0 Å². The summed E-state index contributed by atoms with van der Waals surface area (Å²) in [4.78, 5) is 26.6. The van der Waals surface area contributed by atoms with Crippen LogP contribution in [0.1, 0.15) is 68.7 Å². The Morgan fingerprint density at radius 3 is 2.30 bits per heavy atom. The number of ether oxygens (including phenoxy) is 1. The Labute approximate surface area is 195 Å². The van der Waals surface area contributed by atoms with Crippen molar-refractivity contribution in [3.8, 4) is 0 Å². The van der Waals surface area contributed by atoms with E-state index in [0.29, 0.717) is 13.0 Å². The molecule has 1 unspecified atom stereocenters. The van der Waals surface area contributed by atoms with Gasteiger partial charge in [0.15, 0.2) is 0 Å². The summed E-state index contributed by atoms with van der Waals surface area (Å²) >= 11 is 0. The zero-order chi connectivity index (χ0) is 23.8. The van der Waals surface area contributed by atoms with Crippen molar-refractivity contribution in [2.24, 2.45) is 0 Å². The van der Waals surface area contributed by atoms with Crippen LogP contribution >= 0.6 is 0 Å².